The van der Waals surface area contributed by atoms with Crippen LogP contribution in [0.15, 0.2) is 18.3 Å². The number of anilines is 1. The number of halogens is 1. The minimum absolute atomic E-state index is 0.742. The van der Waals surface area contributed by atoms with Gasteiger partial charge in [-0.2, -0.15) is 0 Å². The number of hydrogen-bond acceptors (Lipinski definition) is 3. The summed E-state index contributed by atoms with van der Waals surface area (Å²) in [7, 11) is 2.12. The van der Waals surface area contributed by atoms with E-state index in [1.807, 2.05) is 6.20 Å². The maximum absolute atomic E-state index is 5.38. The molecule has 1 aliphatic heterocycles. The molecule has 1 saturated heterocycles. The summed E-state index contributed by atoms with van der Waals surface area (Å²) in [5.74, 6) is 1.80. The number of aromatic nitrogens is 1. The molecule has 0 aromatic carbocycles. The van der Waals surface area contributed by atoms with Crippen LogP contribution in [0.25, 0.3) is 0 Å². The van der Waals surface area contributed by atoms with Crippen molar-refractivity contribution in [1.29, 1.82) is 0 Å². The van der Waals surface area contributed by atoms with Crippen LogP contribution in [0.3, 0.4) is 0 Å². The van der Waals surface area contributed by atoms with Crippen molar-refractivity contribution in [1.82, 2.24) is 4.98 Å². The van der Waals surface area contributed by atoms with Crippen molar-refractivity contribution in [3.05, 3.63) is 23.9 Å². The minimum Gasteiger partial charge on any atom is -0.381 e. The van der Waals surface area contributed by atoms with Gasteiger partial charge in [-0.1, -0.05) is 22.0 Å². The third-order valence-electron chi connectivity index (χ3n) is 3.23. The van der Waals surface area contributed by atoms with Gasteiger partial charge in [-0.05, 0) is 30.4 Å². The van der Waals surface area contributed by atoms with Crippen molar-refractivity contribution in [2.24, 2.45) is 5.92 Å². The van der Waals surface area contributed by atoms with Gasteiger partial charge >= 0.3 is 0 Å². The van der Waals surface area contributed by atoms with Crippen molar-refractivity contribution >= 4 is 21.7 Å². The number of rotatable bonds is 4. The first-order chi connectivity index (χ1) is 8.29. The monoisotopic (exact) mass is 298 g/mol. The second-order valence-corrected chi connectivity index (χ2v) is 5.16. The van der Waals surface area contributed by atoms with Crippen molar-refractivity contribution in [3.63, 3.8) is 0 Å². The Morgan fingerprint density at radius 2 is 2.18 bits per heavy atom. The van der Waals surface area contributed by atoms with Crippen LogP contribution >= 0.6 is 15.9 Å². The van der Waals surface area contributed by atoms with Gasteiger partial charge in [0.05, 0.1) is 0 Å². The van der Waals surface area contributed by atoms with Gasteiger partial charge in [-0.3, -0.25) is 0 Å². The molecule has 0 N–H and O–H groups in total. The summed E-state index contributed by atoms with van der Waals surface area (Å²) >= 11 is 3.43. The molecule has 2 heterocycles. The predicted molar refractivity (Wildman–Crippen MR) is 73.7 cm³/mol. The Morgan fingerprint density at radius 3 is 2.76 bits per heavy atom. The van der Waals surface area contributed by atoms with Gasteiger partial charge < -0.3 is 9.64 Å². The Hall–Kier alpha value is -0.610. The maximum Gasteiger partial charge on any atom is 0.128 e. The van der Waals surface area contributed by atoms with Crippen LogP contribution in [-0.2, 0) is 10.1 Å². The van der Waals surface area contributed by atoms with Crippen molar-refractivity contribution < 1.29 is 4.74 Å². The van der Waals surface area contributed by atoms with Crippen LogP contribution in [0.2, 0.25) is 0 Å². The lowest BCUT2D eigenvalue weighted by Crippen LogP contribution is -2.30. The molecule has 1 aromatic rings. The quantitative estimate of drug-likeness (QED) is 0.799. The van der Waals surface area contributed by atoms with Gasteiger partial charge in [0.1, 0.15) is 5.82 Å². The van der Waals surface area contributed by atoms with Gasteiger partial charge in [-0.15, -0.1) is 0 Å². The number of pyridine rings is 1. The van der Waals surface area contributed by atoms with Gasteiger partial charge in [0.25, 0.3) is 0 Å². The fourth-order valence-electron chi connectivity index (χ4n) is 2.13. The molecule has 0 amide bonds. The standard InChI is InChI=1S/C13H19BrN2O/c1-16(10-11-4-6-17-7-5-11)13-3-2-12(8-14)9-15-13/h2-3,9,11H,4-8,10H2,1H3. The summed E-state index contributed by atoms with van der Waals surface area (Å²) in [4.78, 5) is 6.72. The van der Waals surface area contributed by atoms with E-state index in [2.05, 4.69) is 45.0 Å². The summed E-state index contributed by atoms with van der Waals surface area (Å²) < 4.78 is 5.38. The van der Waals surface area contributed by atoms with E-state index in [9.17, 15) is 0 Å². The van der Waals surface area contributed by atoms with E-state index in [0.29, 0.717) is 0 Å². The molecule has 4 heteroatoms. The van der Waals surface area contributed by atoms with E-state index < -0.39 is 0 Å². The second-order valence-electron chi connectivity index (χ2n) is 4.59. The fourth-order valence-corrected chi connectivity index (χ4v) is 2.46. The molecule has 0 saturated carbocycles. The van der Waals surface area contributed by atoms with E-state index in [4.69, 9.17) is 4.74 Å². The average molecular weight is 299 g/mol. The first kappa shape index (κ1) is 12.8. The topological polar surface area (TPSA) is 25.4 Å². The predicted octanol–water partition coefficient (Wildman–Crippen LogP) is 2.84. The third kappa shape index (κ3) is 3.68. The highest BCUT2D eigenvalue weighted by Crippen LogP contribution is 2.19. The highest BCUT2D eigenvalue weighted by Gasteiger charge is 2.16. The zero-order valence-corrected chi connectivity index (χ0v) is 11.8. The number of alkyl halides is 1. The minimum atomic E-state index is 0.742. The molecule has 3 nitrogen and oxygen atoms in total. The Balaban J connectivity index is 1.91. The molecule has 2 rings (SSSR count). The molecule has 17 heavy (non-hydrogen) atoms. The van der Waals surface area contributed by atoms with Gasteiger partial charge in [0.15, 0.2) is 0 Å². The van der Waals surface area contributed by atoms with E-state index >= 15 is 0 Å². The van der Waals surface area contributed by atoms with E-state index in [-0.39, 0.29) is 0 Å². The zero-order valence-electron chi connectivity index (χ0n) is 10.2. The SMILES string of the molecule is CN(CC1CCOCC1)c1ccc(CBr)cn1. The first-order valence-electron chi connectivity index (χ1n) is 6.09. The Labute approximate surface area is 111 Å². The van der Waals surface area contributed by atoms with Gasteiger partial charge in [0.2, 0.25) is 0 Å². The van der Waals surface area contributed by atoms with Crippen LogP contribution in [0.5, 0.6) is 0 Å². The molecular formula is C13H19BrN2O. The summed E-state index contributed by atoms with van der Waals surface area (Å²) in [5, 5.41) is 0.865. The van der Waals surface area contributed by atoms with Crippen LogP contribution in [0.4, 0.5) is 5.82 Å². The summed E-state index contributed by atoms with van der Waals surface area (Å²) in [6, 6.07) is 4.22. The van der Waals surface area contributed by atoms with E-state index in [1.54, 1.807) is 0 Å². The fraction of sp³-hybridized carbons (Fsp3) is 0.615. The molecular weight excluding hydrogens is 280 g/mol. The van der Waals surface area contributed by atoms with Crippen molar-refractivity contribution in [2.45, 2.75) is 18.2 Å². The summed E-state index contributed by atoms with van der Waals surface area (Å²) in [6.07, 6.45) is 4.28. The summed E-state index contributed by atoms with van der Waals surface area (Å²) in [5.41, 5.74) is 1.22. The molecule has 0 spiro atoms. The van der Waals surface area contributed by atoms with Crippen LogP contribution < -0.4 is 4.90 Å². The number of hydrogen-bond donors (Lipinski definition) is 0. The lowest BCUT2D eigenvalue weighted by atomic mass is 10.00. The highest BCUT2D eigenvalue weighted by atomic mass is 79.9. The highest BCUT2D eigenvalue weighted by molar-refractivity contribution is 9.08. The summed E-state index contributed by atoms with van der Waals surface area (Å²) in [6.45, 7) is 2.90. The molecule has 1 aromatic heterocycles. The molecule has 0 aliphatic carbocycles. The first-order valence-corrected chi connectivity index (χ1v) is 7.21. The lowest BCUT2D eigenvalue weighted by Gasteiger charge is -2.27. The molecule has 0 bridgehead atoms. The second kappa shape index (κ2) is 6.36. The number of nitrogens with zero attached hydrogens (tertiary/aromatic N) is 2. The Morgan fingerprint density at radius 1 is 1.41 bits per heavy atom. The van der Waals surface area contributed by atoms with Gasteiger partial charge in [-0.25, -0.2) is 4.98 Å². The van der Waals surface area contributed by atoms with Crippen LogP contribution in [-0.4, -0.2) is 31.8 Å². The van der Waals surface area contributed by atoms with Crippen molar-refractivity contribution in [3.8, 4) is 0 Å². The number of ether oxygens (including phenoxy) is 1. The Bertz CT molecular complexity index is 336. The largest absolute Gasteiger partial charge is 0.381 e. The molecule has 94 valence electrons. The molecule has 0 unspecified atom stereocenters. The average Bonchev–Trinajstić information content (AvgIpc) is 2.40. The smallest absolute Gasteiger partial charge is 0.128 e. The molecule has 0 atom stereocenters. The zero-order chi connectivity index (χ0) is 12.1. The van der Waals surface area contributed by atoms with Crippen LogP contribution in [0, 0.1) is 5.92 Å². The normalized spacial score (nSPS) is 17.1. The third-order valence-corrected chi connectivity index (χ3v) is 3.87. The van der Waals surface area contributed by atoms with E-state index in [1.165, 1.54) is 18.4 Å². The molecule has 0 radical (unpaired) electrons. The molecule has 1 aliphatic rings. The van der Waals surface area contributed by atoms with Gasteiger partial charge in [0, 0.05) is 38.3 Å². The van der Waals surface area contributed by atoms with Crippen molar-refractivity contribution in [2.75, 3.05) is 31.7 Å². The van der Waals surface area contributed by atoms with Crippen LogP contribution in [0.1, 0.15) is 18.4 Å². The lowest BCUT2D eigenvalue weighted by molar-refractivity contribution is 0.0685. The van der Waals surface area contributed by atoms with E-state index in [0.717, 1.165) is 36.8 Å². The Kier molecular flexibility index (Phi) is 4.80. The maximum atomic E-state index is 5.38. The molecule has 1 fully saturated rings.